The van der Waals surface area contributed by atoms with Crippen molar-refractivity contribution in [1.29, 1.82) is 0 Å². The molecule has 0 aromatic heterocycles. The van der Waals surface area contributed by atoms with Gasteiger partial charge in [0.25, 0.3) is 5.91 Å². The summed E-state index contributed by atoms with van der Waals surface area (Å²) < 4.78 is 31.9. The molecule has 3 aromatic carbocycles. The number of hydrogen-bond donors (Lipinski definition) is 0. The Kier molecular flexibility index (Phi) is 7.36. The molecule has 1 atom stereocenters. The van der Waals surface area contributed by atoms with Crippen molar-refractivity contribution < 1.29 is 23.4 Å². The molecule has 0 bridgehead atoms. The summed E-state index contributed by atoms with van der Waals surface area (Å²) in [7, 11) is 0. The van der Waals surface area contributed by atoms with Gasteiger partial charge in [-0.3, -0.25) is 4.79 Å². The van der Waals surface area contributed by atoms with Crippen LogP contribution in [0.25, 0.3) is 0 Å². The third-order valence-corrected chi connectivity index (χ3v) is 5.75. The van der Waals surface area contributed by atoms with Gasteiger partial charge in [0.05, 0.1) is 24.3 Å². The van der Waals surface area contributed by atoms with Gasteiger partial charge in [-0.1, -0.05) is 18.2 Å². The smallest absolute Gasteiger partial charge is 0.257 e. The Labute approximate surface area is 200 Å². The predicted octanol–water partition coefficient (Wildman–Crippen LogP) is 5.83. The fraction of sp³-hybridized carbons (Fsp3) is 0.321. The van der Waals surface area contributed by atoms with E-state index >= 15 is 0 Å². The molecule has 0 saturated carbocycles. The van der Waals surface area contributed by atoms with Crippen molar-refractivity contribution >= 4 is 5.91 Å². The summed E-state index contributed by atoms with van der Waals surface area (Å²) in [5, 5.41) is 0. The standard InChI is InChI=1S/C28H30FNO4/c1-4-32-21-9-11-22(12-10-21)33-18-27-24-14-13-23(34-19(2)3)17-20(24)15-16-30(27)28(31)25-7-5-6-8-26(25)29/h5-14,17,19,27H,4,15-16,18H2,1-3H3. The van der Waals surface area contributed by atoms with Crippen molar-refractivity contribution in [3.05, 3.63) is 89.2 Å². The topological polar surface area (TPSA) is 48.0 Å². The number of rotatable bonds is 8. The third kappa shape index (κ3) is 5.33. The van der Waals surface area contributed by atoms with E-state index in [1.807, 2.05) is 63.2 Å². The van der Waals surface area contributed by atoms with Crippen LogP contribution in [0.4, 0.5) is 4.39 Å². The van der Waals surface area contributed by atoms with Crippen molar-refractivity contribution in [2.24, 2.45) is 0 Å². The van der Waals surface area contributed by atoms with E-state index in [4.69, 9.17) is 14.2 Å². The van der Waals surface area contributed by atoms with Gasteiger partial charge in [-0.15, -0.1) is 0 Å². The zero-order valence-electron chi connectivity index (χ0n) is 19.8. The second-order valence-corrected chi connectivity index (χ2v) is 8.49. The number of carbonyl (C=O) groups is 1. The molecular formula is C28H30FNO4. The Bertz CT molecular complexity index is 1130. The second kappa shape index (κ2) is 10.6. The van der Waals surface area contributed by atoms with Crippen molar-refractivity contribution in [1.82, 2.24) is 4.90 Å². The van der Waals surface area contributed by atoms with Crippen LogP contribution < -0.4 is 14.2 Å². The fourth-order valence-corrected chi connectivity index (χ4v) is 4.22. The third-order valence-electron chi connectivity index (χ3n) is 5.75. The maximum atomic E-state index is 14.4. The minimum atomic E-state index is -0.523. The zero-order valence-corrected chi connectivity index (χ0v) is 19.8. The number of amides is 1. The summed E-state index contributed by atoms with van der Waals surface area (Å²) in [5.41, 5.74) is 2.16. The maximum Gasteiger partial charge on any atom is 0.257 e. The summed E-state index contributed by atoms with van der Waals surface area (Å²) in [4.78, 5) is 15.1. The largest absolute Gasteiger partial charge is 0.494 e. The Balaban J connectivity index is 1.62. The van der Waals surface area contributed by atoms with Crippen LogP contribution in [-0.4, -0.2) is 36.7 Å². The Hall–Kier alpha value is -3.54. The average Bonchev–Trinajstić information content (AvgIpc) is 2.83. The van der Waals surface area contributed by atoms with E-state index in [1.165, 1.54) is 12.1 Å². The number of halogens is 1. The van der Waals surface area contributed by atoms with E-state index in [0.717, 1.165) is 22.6 Å². The first-order valence-electron chi connectivity index (χ1n) is 11.7. The number of hydrogen-bond acceptors (Lipinski definition) is 4. The minimum Gasteiger partial charge on any atom is -0.494 e. The highest BCUT2D eigenvalue weighted by molar-refractivity contribution is 5.95. The average molecular weight is 464 g/mol. The molecule has 178 valence electrons. The number of ether oxygens (including phenoxy) is 3. The second-order valence-electron chi connectivity index (χ2n) is 8.49. The van der Waals surface area contributed by atoms with Crippen LogP contribution in [-0.2, 0) is 6.42 Å². The zero-order chi connectivity index (χ0) is 24.1. The molecule has 0 spiro atoms. The van der Waals surface area contributed by atoms with E-state index in [2.05, 4.69) is 0 Å². The number of fused-ring (bicyclic) bond motifs is 1. The van der Waals surface area contributed by atoms with Gasteiger partial charge in [-0.25, -0.2) is 4.39 Å². The number of carbonyl (C=O) groups excluding carboxylic acids is 1. The Morgan fingerprint density at radius 3 is 2.35 bits per heavy atom. The van der Waals surface area contributed by atoms with Crippen molar-refractivity contribution in [2.75, 3.05) is 19.8 Å². The molecule has 3 aromatic rings. The molecule has 1 heterocycles. The molecular weight excluding hydrogens is 433 g/mol. The summed E-state index contributed by atoms with van der Waals surface area (Å²) in [6, 6.07) is 19.1. The molecule has 1 aliphatic rings. The Morgan fingerprint density at radius 2 is 1.68 bits per heavy atom. The maximum absolute atomic E-state index is 14.4. The molecule has 1 amide bonds. The highest BCUT2D eigenvalue weighted by atomic mass is 19.1. The molecule has 0 fully saturated rings. The van der Waals surface area contributed by atoms with Crippen LogP contribution in [0.2, 0.25) is 0 Å². The van der Waals surface area contributed by atoms with Crippen molar-refractivity contribution in [2.45, 2.75) is 39.3 Å². The van der Waals surface area contributed by atoms with Crippen LogP contribution in [0.5, 0.6) is 17.2 Å². The van der Waals surface area contributed by atoms with Crippen LogP contribution in [0.3, 0.4) is 0 Å². The van der Waals surface area contributed by atoms with Gasteiger partial charge in [0.1, 0.15) is 29.7 Å². The molecule has 0 N–H and O–H groups in total. The highest BCUT2D eigenvalue weighted by Crippen LogP contribution is 2.34. The van der Waals surface area contributed by atoms with E-state index < -0.39 is 5.82 Å². The summed E-state index contributed by atoms with van der Waals surface area (Å²) >= 11 is 0. The van der Waals surface area contributed by atoms with E-state index in [-0.39, 0.29) is 30.2 Å². The molecule has 4 rings (SSSR count). The van der Waals surface area contributed by atoms with Gasteiger partial charge in [-0.05, 0) is 86.8 Å². The lowest BCUT2D eigenvalue weighted by Gasteiger charge is -2.37. The lowest BCUT2D eigenvalue weighted by molar-refractivity contribution is 0.0585. The van der Waals surface area contributed by atoms with Gasteiger partial charge < -0.3 is 19.1 Å². The Morgan fingerprint density at radius 1 is 1.00 bits per heavy atom. The SMILES string of the molecule is CCOc1ccc(OCC2c3ccc(OC(C)C)cc3CCN2C(=O)c2ccccc2F)cc1. The minimum absolute atomic E-state index is 0.0665. The predicted molar refractivity (Wildman–Crippen MR) is 129 cm³/mol. The van der Waals surface area contributed by atoms with Crippen LogP contribution >= 0.6 is 0 Å². The first-order valence-corrected chi connectivity index (χ1v) is 11.7. The molecule has 6 heteroatoms. The van der Waals surface area contributed by atoms with Crippen LogP contribution in [0.15, 0.2) is 66.7 Å². The molecule has 1 aliphatic heterocycles. The number of nitrogens with zero attached hydrogens (tertiary/aromatic N) is 1. The molecule has 0 radical (unpaired) electrons. The van der Waals surface area contributed by atoms with Gasteiger partial charge in [-0.2, -0.15) is 0 Å². The van der Waals surface area contributed by atoms with E-state index in [9.17, 15) is 9.18 Å². The molecule has 34 heavy (non-hydrogen) atoms. The molecule has 1 unspecified atom stereocenters. The lowest BCUT2D eigenvalue weighted by atomic mass is 9.92. The van der Waals surface area contributed by atoms with Gasteiger partial charge >= 0.3 is 0 Å². The highest BCUT2D eigenvalue weighted by Gasteiger charge is 2.33. The quantitative estimate of drug-likeness (QED) is 0.422. The van der Waals surface area contributed by atoms with Crippen LogP contribution in [0.1, 0.15) is 48.3 Å². The van der Waals surface area contributed by atoms with Crippen LogP contribution in [0, 0.1) is 5.82 Å². The summed E-state index contributed by atoms with van der Waals surface area (Å²) in [6.45, 7) is 7.20. The normalized spacial score (nSPS) is 15.1. The monoisotopic (exact) mass is 463 g/mol. The van der Waals surface area contributed by atoms with Crippen molar-refractivity contribution in [3.8, 4) is 17.2 Å². The number of benzene rings is 3. The molecule has 0 saturated heterocycles. The lowest BCUT2D eigenvalue weighted by Crippen LogP contribution is -2.42. The van der Waals surface area contributed by atoms with Gasteiger partial charge in [0, 0.05) is 6.54 Å². The molecule has 5 nitrogen and oxygen atoms in total. The molecule has 0 aliphatic carbocycles. The first-order chi connectivity index (χ1) is 16.5. The van der Waals surface area contributed by atoms with Gasteiger partial charge in [0.2, 0.25) is 0 Å². The van der Waals surface area contributed by atoms with E-state index in [0.29, 0.717) is 25.3 Å². The van der Waals surface area contributed by atoms with E-state index in [1.54, 1.807) is 17.0 Å². The summed E-state index contributed by atoms with van der Waals surface area (Å²) in [5.74, 6) is 1.38. The van der Waals surface area contributed by atoms with Crippen molar-refractivity contribution in [3.63, 3.8) is 0 Å². The van der Waals surface area contributed by atoms with Gasteiger partial charge in [0.15, 0.2) is 0 Å². The summed E-state index contributed by atoms with van der Waals surface area (Å²) in [6.07, 6.45) is 0.726. The fourth-order valence-electron chi connectivity index (χ4n) is 4.22. The first kappa shape index (κ1) is 23.6.